The fourth-order valence-corrected chi connectivity index (χ4v) is 2.42. The van der Waals surface area contributed by atoms with Crippen molar-refractivity contribution in [3.8, 4) is 0 Å². The van der Waals surface area contributed by atoms with E-state index in [1.807, 2.05) is 37.3 Å². The standard InChI is InChI=1S/C17H17N3O/c1-12(14-8-5-9-18-11-14)19-20-17(21)16-10-15(16)13-6-3-2-4-7-13/h2-9,11,15-16H,10H2,1H3,(H,20,21)/b19-12-/t15-,16+/m1/s1. The minimum atomic E-state index is -0.00732. The molecule has 21 heavy (non-hydrogen) atoms. The molecule has 4 heteroatoms. The number of benzene rings is 1. The van der Waals surface area contributed by atoms with E-state index in [1.54, 1.807) is 12.4 Å². The molecule has 1 saturated carbocycles. The number of hydrogen-bond acceptors (Lipinski definition) is 3. The third-order valence-electron chi connectivity index (χ3n) is 3.77. The van der Waals surface area contributed by atoms with Gasteiger partial charge < -0.3 is 0 Å². The molecule has 0 bridgehead atoms. The highest BCUT2D eigenvalue weighted by Gasteiger charge is 2.43. The molecular formula is C17H17N3O. The molecule has 0 radical (unpaired) electrons. The second-order valence-corrected chi connectivity index (χ2v) is 5.27. The van der Waals surface area contributed by atoms with E-state index in [0.717, 1.165) is 17.7 Å². The molecule has 0 unspecified atom stereocenters. The smallest absolute Gasteiger partial charge is 0.243 e. The van der Waals surface area contributed by atoms with Gasteiger partial charge in [-0.2, -0.15) is 5.10 Å². The Balaban J connectivity index is 1.59. The van der Waals surface area contributed by atoms with E-state index in [4.69, 9.17) is 0 Å². The van der Waals surface area contributed by atoms with Crippen LogP contribution in [0.25, 0.3) is 0 Å². The number of carbonyl (C=O) groups excluding carboxylic acids is 1. The van der Waals surface area contributed by atoms with Crippen LogP contribution in [0.1, 0.15) is 30.4 Å². The van der Waals surface area contributed by atoms with Gasteiger partial charge in [-0.05, 0) is 30.9 Å². The molecule has 2 atom stereocenters. The van der Waals surface area contributed by atoms with E-state index in [2.05, 4.69) is 27.6 Å². The second kappa shape index (κ2) is 5.87. The van der Waals surface area contributed by atoms with Crippen LogP contribution < -0.4 is 5.43 Å². The summed E-state index contributed by atoms with van der Waals surface area (Å²) in [5.41, 5.74) is 5.56. The van der Waals surface area contributed by atoms with Gasteiger partial charge >= 0.3 is 0 Å². The summed E-state index contributed by atoms with van der Waals surface area (Å²) < 4.78 is 0. The number of amides is 1. The van der Waals surface area contributed by atoms with Gasteiger partial charge in [-0.1, -0.05) is 36.4 Å². The molecule has 1 fully saturated rings. The SMILES string of the molecule is C/C(=N/NC(=O)[C@H]1C[C@@H]1c1ccccc1)c1cccnc1. The van der Waals surface area contributed by atoms with E-state index >= 15 is 0 Å². The summed E-state index contributed by atoms with van der Waals surface area (Å²) in [4.78, 5) is 16.1. The average Bonchev–Trinajstić information content (AvgIpc) is 3.35. The number of rotatable bonds is 4. The maximum atomic E-state index is 12.1. The third-order valence-corrected chi connectivity index (χ3v) is 3.77. The molecule has 1 amide bonds. The summed E-state index contributed by atoms with van der Waals surface area (Å²) in [6.45, 7) is 1.86. The Morgan fingerprint density at radius 3 is 2.76 bits per heavy atom. The third kappa shape index (κ3) is 3.16. The van der Waals surface area contributed by atoms with Crippen LogP contribution in [-0.2, 0) is 4.79 Å². The van der Waals surface area contributed by atoms with Gasteiger partial charge in [-0.3, -0.25) is 9.78 Å². The minimum Gasteiger partial charge on any atom is -0.273 e. The van der Waals surface area contributed by atoms with E-state index in [-0.39, 0.29) is 11.8 Å². The molecule has 1 aliphatic carbocycles. The number of carbonyl (C=O) groups is 1. The largest absolute Gasteiger partial charge is 0.273 e. The summed E-state index contributed by atoms with van der Waals surface area (Å²) >= 11 is 0. The zero-order valence-corrected chi connectivity index (χ0v) is 11.9. The van der Waals surface area contributed by atoms with Crippen LogP contribution in [-0.4, -0.2) is 16.6 Å². The second-order valence-electron chi connectivity index (χ2n) is 5.27. The first kappa shape index (κ1) is 13.5. The van der Waals surface area contributed by atoms with Crippen LogP contribution >= 0.6 is 0 Å². The molecule has 1 aliphatic rings. The fourth-order valence-electron chi connectivity index (χ4n) is 2.42. The van der Waals surface area contributed by atoms with E-state index in [0.29, 0.717) is 5.92 Å². The first-order chi connectivity index (χ1) is 10.3. The predicted octanol–water partition coefficient (Wildman–Crippen LogP) is 2.73. The topological polar surface area (TPSA) is 54.4 Å². The quantitative estimate of drug-likeness (QED) is 0.691. The highest BCUT2D eigenvalue weighted by atomic mass is 16.2. The molecule has 106 valence electrons. The van der Waals surface area contributed by atoms with Crippen molar-refractivity contribution in [2.24, 2.45) is 11.0 Å². The zero-order valence-electron chi connectivity index (χ0n) is 11.9. The molecule has 0 spiro atoms. The number of nitrogens with one attached hydrogen (secondary N) is 1. The summed E-state index contributed by atoms with van der Waals surface area (Å²) in [5, 5.41) is 4.16. The van der Waals surface area contributed by atoms with Crippen molar-refractivity contribution in [3.05, 3.63) is 66.0 Å². The van der Waals surface area contributed by atoms with Crippen molar-refractivity contribution < 1.29 is 4.79 Å². The molecule has 1 aromatic carbocycles. The van der Waals surface area contributed by atoms with Crippen molar-refractivity contribution in [2.75, 3.05) is 0 Å². The van der Waals surface area contributed by atoms with Gasteiger partial charge in [0.15, 0.2) is 0 Å². The molecular weight excluding hydrogens is 262 g/mol. The summed E-state index contributed by atoms with van der Waals surface area (Å²) in [5.74, 6) is 0.366. The van der Waals surface area contributed by atoms with Gasteiger partial charge in [-0.15, -0.1) is 0 Å². The van der Waals surface area contributed by atoms with Crippen molar-refractivity contribution in [1.29, 1.82) is 0 Å². The molecule has 3 rings (SSSR count). The highest BCUT2D eigenvalue weighted by Crippen LogP contribution is 2.47. The Kier molecular flexibility index (Phi) is 3.77. The maximum absolute atomic E-state index is 12.1. The van der Waals surface area contributed by atoms with Crippen LogP contribution in [0.5, 0.6) is 0 Å². The van der Waals surface area contributed by atoms with Crippen LogP contribution in [0.3, 0.4) is 0 Å². The van der Waals surface area contributed by atoms with Crippen molar-refractivity contribution >= 4 is 11.6 Å². The van der Waals surface area contributed by atoms with Gasteiger partial charge in [0.1, 0.15) is 0 Å². The average molecular weight is 279 g/mol. The van der Waals surface area contributed by atoms with E-state index in [9.17, 15) is 4.79 Å². The lowest BCUT2D eigenvalue weighted by Crippen LogP contribution is -2.21. The Hall–Kier alpha value is -2.49. The Bertz CT molecular complexity index is 652. The number of nitrogens with zero attached hydrogens (tertiary/aromatic N) is 2. The minimum absolute atomic E-state index is 0.00732. The Labute approximate surface area is 123 Å². The van der Waals surface area contributed by atoms with Gasteiger partial charge in [-0.25, -0.2) is 5.43 Å². The zero-order chi connectivity index (χ0) is 14.7. The van der Waals surface area contributed by atoms with Crippen LogP contribution in [0.2, 0.25) is 0 Å². The monoisotopic (exact) mass is 279 g/mol. The van der Waals surface area contributed by atoms with Crippen molar-refractivity contribution in [1.82, 2.24) is 10.4 Å². The molecule has 1 heterocycles. The number of hydrazone groups is 1. The highest BCUT2D eigenvalue weighted by molar-refractivity contribution is 5.99. The molecule has 4 nitrogen and oxygen atoms in total. The molecule has 0 aliphatic heterocycles. The van der Waals surface area contributed by atoms with Crippen LogP contribution in [0.15, 0.2) is 60.0 Å². The number of aromatic nitrogens is 1. The van der Waals surface area contributed by atoms with E-state index in [1.165, 1.54) is 5.56 Å². The first-order valence-electron chi connectivity index (χ1n) is 7.05. The van der Waals surface area contributed by atoms with Crippen molar-refractivity contribution in [2.45, 2.75) is 19.3 Å². The normalized spacial score (nSPS) is 20.9. The summed E-state index contributed by atoms with van der Waals surface area (Å²) in [6.07, 6.45) is 4.34. The molecule has 2 aromatic rings. The molecule has 1 aromatic heterocycles. The lowest BCUT2D eigenvalue weighted by atomic mass is 10.1. The Morgan fingerprint density at radius 1 is 1.24 bits per heavy atom. The summed E-state index contributed by atoms with van der Waals surface area (Å²) in [6, 6.07) is 13.9. The van der Waals surface area contributed by atoms with E-state index < -0.39 is 0 Å². The first-order valence-corrected chi connectivity index (χ1v) is 7.05. The maximum Gasteiger partial charge on any atom is 0.243 e. The van der Waals surface area contributed by atoms with Crippen molar-refractivity contribution in [3.63, 3.8) is 0 Å². The number of pyridine rings is 1. The fraction of sp³-hybridized carbons (Fsp3) is 0.235. The molecule has 1 N–H and O–H groups in total. The van der Waals surface area contributed by atoms with Gasteiger partial charge in [0.2, 0.25) is 5.91 Å². The van der Waals surface area contributed by atoms with Gasteiger partial charge in [0.25, 0.3) is 0 Å². The van der Waals surface area contributed by atoms with Crippen LogP contribution in [0.4, 0.5) is 0 Å². The Morgan fingerprint density at radius 2 is 2.05 bits per heavy atom. The number of hydrogen-bond donors (Lipinski definition) is 1. The molecule has 0 saturated heterocycles. The lowest BCUT2D eigenvalue weighted by molar-refractivity contribution is -0.122. The predicted molar refractivity (Wildman–Crippen MR) is 81.9 cm³/mol. The van der Waals surface area contributed by atoms with Gasteiger partial charge in [0.05, 0.1) is 5.71 Å². The lowest BCUT2D eigenvalue weighted by Gasteiger charge is -2.02. The van der Waals surface area contributed by atoms with Gasteiger partial charge in [0, 0.05) is 23.9 Å². The summed E-state index contributed by atoms with van der Waals surface area (Å²) in [7, 11) is 0. The van der Waals surface area contributed by atoms with Crippen LogP contribution in [0, 0.1) is 5.92 Å².